The molecular formula is C40H60ClFN4O6S. The zero-order valence-corrected chi connectivity index (χ0v) is 34.4. The van der Waals surface area contributed by atoms with Gasteiger partial charge in [-0.25, -0.2) is 9.00 Å². The van der Waals surface area contributed by atoms with Crippen LogP contribution >= 0.6 is 11.6 Å². The summed E-state index contributed by atoms with van der Waals surface area (Å²) in [6, 6.07) is 11.4. The number of ether oxygens (including phenoxy) is 3. The molecule has 53 heavy (non-hydrogen) atoms. The smallest absolute Gasteiger partial charge is 0.438 e. The van der Waals surface area contributed by atoms with Gasteiger partial charge in [0, 0.05) is 56.8 Å². The number of hydrogen-bond donors (Lipinski definition) is 1. The quantitative estimate of drug-likeness (QED) is 0.239. The minimum Gasteiger partial charge on any atom is -0.491 e. The van der Waals surface area contributed by atoms with Crippen LogP contribution in [0.3, 0.4) is 0 Å². The minimum absolute atomic E-state index is 0.00980. The first-order valence-electron chi connectivity index (χ1n) is 18.9. The van der Waals surface area contributed by atoms with Crippen molar-refractivity contribution in [2.45, 2.75) is 103 Å². The fourth-order valence-electron chi connectivity index (χ4n) is 6.38. The van der Waals surface area contributed by atoms with E-state index in [1.54, 1.807) is 44.0 Å². The molecule has 10 nitrogen and oxygen atoms in total. The van der Waals surface area contributed by atoms with E-state index in [1.807, 2.05) is 45.0 Å². The number of likely N-dealkylation sites (N-methyl/N-ethyl adjacent to an activating group) is 1. The van der Waals surface area contributed by atoms with Crippen molar-refractivity contribution in [2.24, 2.45) is 5.92 Å². The van der Waals surface area contributed by atoms with Crippen LogP contribution < -0.4 is 14.4 Å². The summed E-state index contributed by atoms with van der Waals surface area (Å²) in [5.74, 6) is 0.119. The number of anilines is 1. The summed E-state index contributed by atoms with van der Waals surface area (Å²) in [5, 5.41) is 0.630. The van der Waals surface area contributed by atoms with E-state index in [9.17, 15) is 18.3 Å². The van der Waals surface area contributed by atoms with Crippen molar-refractivity contribution in [2.75, 3.05) is 58.5 Å². The first kappa shape index (κ1) is 44.2. The summed E-state index contributed by atoms with van der Waals surface area (Å²) in [6.45, 7) is 15.6. The van der Waals surface area contributed by atoms with Crippen molar-refractivity contribution < 1.29 is 32.5 Å². The van der Waals surface area contributed by atoms with E-state index in [4.69, 9.17) is 25.8 Å². The molecule has 13 heteroatoms. The predicted molar refractivity (Wildman–Crippen MR) is 212 cm³/mol. The Morgan fingerprint density at radius 1 is 1.15 bits per heavy atom. The Labute approximate surface area is 323 Å². The highest BCUT2D eigenvalue weighted by Crippen LogP contribution is 2.38. The van der Waals surface area contributed by atoms with Crippen molar-refractivity contribution in [3.8, 4) is 5.75 Å². The Balaban J connectivity index is 0.000000980. The Bertz CT molecular complexity index is 1530. The van der Waals surface area contributed by atoms with Crippen LogP contribution in [0.15, 0.2) is 53.4 Å². The van der Waals surface area contributed by atoms with Gasteiger partial charge in [-0.2, -0.15) is 0 Å². The lowest BCUT2D eigenvalue weighted by Gasteiger charge is -2.34. The number of amides is 2. The lowest BCUT2D eigenvalue weighted by molar-refractivity contribution is -0.128. The summed E-state index contributed by atoms with van der Waals surface area (Å²) < 4.78 is 47.0. The van der Waals surface area contributed by atoms with Gasteiger partial charge in [-0.1, -0.05) is 62.3 Å². The Morgan fingerprint density at radius 3 is 2.49 bits per heavy atom. The molecule has 296 valence electrons. The van der Waals surface area contributed by atoms with Crippen LogP contribution in [0.4, 0.5) is 15.0 Å². The minimum atomic E-state index is -1.81. The maximum absolute atomic E-state index is 13.8. The molecule has 0 saturated carbocycles. The van der Waals surface area contributed by atoms with E-state index in [0.29, 0.717) is 54.8 Å². The number of benzene rings is 2. The van der Waals surface area contributed by atoms with Gasteiger partial charge in [0.2, 0.25) is 0 Å². The van der Waals surface area contributed by atoms with Gasteiger partial charge in [0.25, 0.3) is 5.91 Å². The molecule has 0 aromatic heterocycles. The molecular weight excluding hydrogens is 719 g/mol. The van der Waals surface area contributed by atoms with Gasteiger partial charge in [-0.15, -0.1) is 5.12 Å². The second kappa shape index (κ2) is 21.6. The highest BCUT2D eigenvalue weighted by Gasteiger charge is 2.34. The third kappa shape index (κ3) is 12.4. The third-order valence-electron chi connectivity index (χ3n) is 9.91. The standard InChI is InChI=1S/C34H46ClFN4O5S.C4H8O.C2H6/c1-7-10-24-19-26(35)12-14-28(24)25-21-40-18-16-23(8-2)30(45-33(42)39(6)36)11-9-17-38(5)34(3,4)32(41)37-46(43)27-13-15-31(44-22-25)29(40)20-27;1-2-4-5-3-1;1-2/h9,11-15,19-20,23,25,30H,7-8,10,16-18,21-22H2,1-6H3,(H,37,41);1-4H2;1-2H3/b11-9+;;. The maximum atomic E-state index is 13.8. The Kier molecular flexibility index (Phi) is 18.0. The second-order valence-corrected chi connectivity index (χ2v) is 15.5. The van der Waals surface area contributed by atoms with E-state index in [0.717, 1.165) is 38.8 Å². The number of carbonyl (C=O) groups excluding carboxylic acids is 2. The summed E-state index contributed by atoms with van der Waals surface area (Å²) in [6.07, 6.45) is 7.53. The molecule has 1 saturated heterocycles. The largest absolute Gasteiger partial charge is 0.491 e. The first-order chi connectivity index (χ1) is 25.3. The van der Waals surface area contributed by atoms with Crippen LogP contribution in [0.25, 0.3) is 0 Å². The van der Waals surface area contributed by atoms with Crippen LogP contribution in [0.2, 0.25) is 5.02 Å². The third-order valence-corrected chi connectivity index (χ3v) is 11.2. The fraction of sp³-hybridized carbons (Fsp3) is 0.600. The molecule has 3 aliphatic heterocycles. The Hall–Kier alpha value is -3.19. The highest BCUT2D eigenvalue weighted by molar-refractivity contribution is 7.83. The molecule has 4 atom stereocenters. The van der Waals surface area contributed by atoms with E-state index >= 15 is 0 Å². The SMILES string of the molecule is C1CCOC1.CC.CCCc1cc(Cl)ccc1C1COc2ccc3cc2N(CCC(CC)C(OC(=O)N(C)F)/C=C/CN(C)C(C)(C)C(=O)NS3=O)C1. The first-order valence-corrected chi connectivity index (χ1v) is 20.5. The molecule has 0 aliphatic carbocycles. The number of hydrogen-bond acceptors (Lipinski definition) is 8. The maximum Gasteiger partial charge on any atom is 0.438 e. The van der Waals surface area contributed by atoms with Gasteiger partial charge in [-0.05, 0) is 101 Å². The molecule has 1 N–H and O–H groups in total. The molecule has 0 spiro atoms. The number of aryl methyl sites for hydroxylation is 1. The van der Waals surface area contributed by atoms with E-state index in [-0.39, 0.29) is 17.0 Å². The summed E-state index contributed by atoms with van der Waals surface area (Å²) >= 11 is 6.39. The van der Waals surface area contributed by atoms with Crippen LogP contribution in [-0.2, 0) is 31.7 Å². The van der Waals surface area contributed by atoms with Crippen LogP contribution in [0, 0.1) is 5.92 Å². The number of fused-ring (bicyclic) bond motifs is 1. The summed E-state index contributed by atoms with van der Waals surface area (Å²) in [5.41, 5.74) is 2.09. The lowest BCUT2D eigenvalue weighted by atomic mass is 9.91. The molecule has 2 bridgehead atoms. The molecule has 0 radical (unpaired) electrons. The van der Waals surface area contributed by atoms with E-state index in [1.165, 1.54) is 24.0 Å². The number of carbonyl (C=O) groups is 2. The number of halogens is 2. The van der Waals surface area contributed by atoms with E-state index < -0.39 is 34.6 Å². The number of nitrogens with zero attached hydrogens (tertiary/aromatic N) is 3. The van der Waals surface area contributed by atoms with Gasteiger partial charge in [0.05, 0.1) is 22.7 Å². The van der Waals surface area contributed by atoms with Crippen LogP contribution in [0.1, 0.15) is 90.7 Å². The number of nitrogens with one attached hydrogen (secondary N) is 1. The summed E-state index contributed by atoms with van der Waals surface area (Å²) in [7, 11) is 0.984. The van der Waals surface area contributed by atoms with Gasteiger partial charge in [-0.3, -0.25) is 14.4 Å². The zero-order valence-electron chi connectivity index (χ0n) is 32.8. The summed E-state index contributed by atoms with van der Waals surface area (Å²) in [4.78, 5) is 30.2. The zero-order chi connectivity index (χ0) is 39.1. The van der Waals surface area contributed by atoms with Crippen molar-refractivity contribution in [3.05, 3.63) is 64.7 Å². The number of rotatable bonds is 5. The van der Waals surface area contributed by atoms with Crippen molar-refractivity contribution in [3.63, 3.8) is 0 Å². The molecule has 4 unspecified atom stereocenters. The fourth-order valence-corrected chi connectivity index (χ4v) is 7.53. The topological polar surface area (TPSA) is 101 Å². The molecule has 2 amide bonds. The van der Waals surface area contributed by atoms with Gasteiger partial charge in [0.1, 0.15) is 11.9 Å². The molecule has 2 aromatic rings. The second-order valence-electron chi connectivity index (χ2n) is 13.8. The van der Waals surface area contributed by atoms with Gasteiger partial charge in [0.15, 0.2) is 11.0 Å². The van der Waals surface area contributed by atoms with Gasteiger partial charge < -0.3 is 19.1 Å². The monoisotopic (exact) mass is 778 g/mol. The van der Waals surface area contributed by atoms with Gasteiger partial charge >= 0.3 is 6.09 Å². The van der Waals surface area contributed by atoms with Crippen molar-refractivity contribution in [1.82, 2.24) is 14.7 Å². The highest BCUT2D eigenvalue weighted by atomic mass is 35.5. The Morgan fingerprint density at radius 2 is 1.87 bits per heavy atom. The molecule has 3 aliphatic rings. The lowest BCUT2D eigenvalue weighted by Crippen LogP contribution is -2.53. The van der Waals surface area contributed by atoms with Crippen LogP contribution in [0.5, 0.6) is 5.75 Å². The van der Waals surface area contributed by atoms with Crippen molar-refractivity contribution in [1.29, 1.82) is 0 Å². The molecule has 5 rings (SSSR count). The average molecular weight is 779 g/mol. The van der Waals surface area contributed by atoms with E-state index in [2.05, 4.69) is 22.6 Å². The average Bonchev–Trinajstić information content (AvgIpc) is 3.68. The van der Waals surface area contributed by atoms with Crippen LogP contribution in [-0.4, -0.2) is 91.4 Å². The molecule has 2 aromatic carbocycles. The van der Waals surface area contributed by atoms with Crippen molar-refractivity contribution >= 4 is 40.3 Å². The molecule has 3 heterocycles. The molecule has 1 fully saturated rings. The predicted octanol–water partition coefficient (Wildman–Crippen LogP) is 8.25. The normalized spacial score (nSPS) is 23.8.